The maximum absolute atomic E-state index is 12.6. The number of hydrogen-bond donors (Lipinski definition) is 1. The van der Waals surface area contributed by atoms with Gasteiger partial charge in [-0.2, -0.15) is 5.10 Å². The van der Waals surface area contributed by atoms with Crippen LogP contribution in [-0.2, 0) is 21.9 Å². The highest BCUT2D eigenvalue weighted by Crippen LogP contribution is 2.31. The predicted octanol–water partition coefficient (Wildman–Crippen LogP) is 1.71. The highest BCUT2D eigenvalue weighted by molar-refractivity contribution is 7.89. The fourth-order valence-corrected chi connectivity index (χ4v) is 3.86. The average Bonchev–Trinajstić information content (AvgIpc) is 3.28. The standard InChI is InChI=1S/C18H22N4O3S/c1-19-26(24,25)16-8-5-14(6-9-16)7-10-18(23)22-11-3-4-17(22)15-12-20-21(2)13-15/h5-10,12-13,17,19H,3-4,11H2,1-2H3/b10-7+. The van der Waals surface area contributed by atoms with E-state index in [4.69, 9.17) is 0 Å². The lowest BCUT2D eigenvalue weighted by Gasteiger charge is -2.22. The van der Waals surface area contributed by atoms with Crippen LogP contribution in [0.1, 0.15) is 30.0 Å². The third-order valence-electron chi connectivity index (χ3n) is 4.52. The third-order valence-corrected chi connectivity index (χ3v) is 5.95. The first-order valence-electron chi connectivity index (χ1n) is 8.41. The van der Waals surface area contributed by atoms with Gasteiger partial charge in [-0.3, -0.25) is 9.48 Å². The Hall–Kier alpha value is -2.45. The molecule has 1 atom stereocenters. The molecule has 1 unspecified atom stereocenters. The summed E-state index contributed by atoms with van der Waals surface area (Å²) in [5.41, 5.74) is 1.82. The topological polar surface area (TPSA) is 84.3 Å². The van der Waals surface area contributed by atoms with Gasteiger partial charge in [0.15, 0.2) is 0 Å². The normalized spacial score (nSPS) is 17.9. The second-order valence-electron chi connectivity index (χ2n) is 6.25. The second kappa shape index (κ2) is 7.43. The molecular formula is C18H22N4O3S. The van der Waals surface area contributed by atoms with Gasteiger partial charge < -0.3 is 4.90 Å². The molecule has 2 aromatic rings. The first-order valence-corrected chi connectivity index (χ1v) is 9.90. The highest BCUT2D eigenvalue weighted by Gasteiger charge is 2.29. The molecule has 1 aliphatic heterocycles. The molecule has 138 valence electrons. The Kier molecular flexibility index (Phi) is 5.24. The Labute approximate surface area is 153 Å². The van der Waals surface area contributed by atoms with E-state index in [9.17, 15) is 13.2 Å². The van der Waals surface area contributed by atoms with Crippen LogP contribution in [0.25, 0.3) is 6.08 Å². The summed E-state index contributed by atoms with van der Waals surface area (Å²) in [6.07, 6.45) is 8.90. The smallest absolute Gasteiger partial charge is 0.247 e. The Balaban J connectivity index is 1.71. The van der Waals surface area contributed by atoms with Crippen molar-refractivity contribution >= 4 is 22.0 Å². The number of nitrogens with zero attached hydrogens (tertiary/aromatic N) is 3. The van der Waals surface area contributed by atoms with Crippen LogP contribution >= 0.6 is 0 Å². The third kappa shape index (κ3) is 3.86. The monoisotopic (exact) mass is 374 g/mol. The molecule has 1 aromatic heterocycles. The van der Waals surface area contributed by atoms with Crippen molar-refractivity contribution in [2.45, 2.75) is 23.8 Å². The molecule has 1 N–H and O–H groups in total. The van der Waals surface area contributed by atoms with E-state index in [0.717, 1.165) is 30.5 Å². The molecular weight excluding hydrogens is 352 g/mol. The van der Waals surface area contributed by atoms with Crippen molar-refractivity contribution < 1.29 is 13.2 Å². The van der Waals surface area contributed by atoms with Crippen LogP contribution in [0, 0.1) is 0 Å². The van der Waals surface area contributed by atoms with Crippen molar-refractivity contribution in [3.63, 3.8) is 0 Å². The van der Waals surface area contributed by atoms with Gasteiger partial charge in [0.1, 0.15) is 0 Å². The van der Waals surface area contributed by atoms with Gasteiger partial charge in [-0.15, -0.1) is 0 Å². The fraction of sp³-hybridized carbons (Fsp3) is 0.333. The zero-order valence-corrected chi connectivity index (χ0v) is 15.6. The van der Waals surface area contributed by atoms with Crippen LogP contribution < -0.4 is 4.72 Å². The summed E-state index contributed by atoms with van der Waals surface area (Å²) in [5.74, 6) is -0.0525. The fourth-order valence-electron chi connectivity index (χ4n) is 3.13. The predicted molar refractivity (Wildman–Crippen MR) is 98.6 cm³/mol. The van der Waals surface area contributed by atoms with Crippen LogP contribution in [0.3, 0.4) is 0 Å². The highest BCUT2D eigenvalue weighted by atomic mass is 32.2. The summed E-state index contributed by atoms with van der Waals surface area (Å²) in [4.78, 5) is 14.6. The number of aromatic nitrogens is 2. The molecule has 7 nitrogen and oxygen atoms in total. The molecule has 3 rings (SSSR count). The van der Waals surface area contributed by atoms with E-state index in [1.165, 1.54) is 25.3 Å². The first-order chi connectivity index (χ1) is 12.4. The average molecular weight is 374 g/mol. The summed E-state index contributed by atoms with van der Waals surface area (Å²) < 4.78 is 27.5. The number of carbonyl (C=O) groups excluding carboxylic acids is 1. The number of rotatable bonds is 5. The lowest BCUT2D eigenvalue weighted by molar-refractivity contribution is -0.126. The van der Waals surface area contributed by atoms with Crippen molar-refractivity contribution in [2.75, 3.05) is 13.6 Å². The van der Waals surface area contributed by atoms with Crippen LogP contribution in [0.5, 0.6) is 0 Å². The number of hydrogen-bond acceptors (Lipinski definition) is 4. The SMILES string of the molecule is CNS(=O)(=O)c1ccc(/C=C/C(=O)N2CCCC2c2cnn(C)c2)cc1. The van der Waals surface area contributed by atoms with E-state index in [0.29, 0.717) is 0 Å². The van der Waals surface area contributed by atoms with Crippen LogP contribution in [0.4, 0.5) is 0 Å². The van der Waals surface area contributed by atoms with E-state index in [1.807, 2.05) is 18.1 Å². The quantitative estimate of drug-likeness (QED) is 0.808. The molecule has 0 spiro atoms. The number of aryl methyl sites for hydroxylation is 1. The molecule has 8 heteroatoms. The molecule has 1 aliphatic rings. The lowest BCUT2D eigenvalue weighted by atomic mass is 10.1. The van der Waals surface area contributed by atoms with E-state index in [2.05, 4.69) is 9.82 Å². The number of amides is 1. The number of sulfonamides is 1. The van der Waals surface area contributed by atoms with E-state index in [1.54, 1.807) is 29.1 Å². The molecule has 1 saturated heterocycles. The van der Waals surface area contributed by atoms with E-state index >= 15 is 0 Å². The van der Waals surface area contributed by atoms with Gasteiger partial charge in [-0.1, -0.05) is 12.1 Å². The van der Waals surface area contributed by atoms with Gasteiger partial charge in [0.05, 0.1) is 17.1 Å². The number of likely N-dealkylation sites (tertiary alicyclic amines) is 1. The minimum absolute atomic E-state index is 0.0525. The van der Waals surface area contributed by atoms with Crippen molar-refractivity contribution in [2.24, 2.45) is 7.05 Å². The van der Waals surface area contributed by atoms with Crippen LogP contribution in [-0.4, -0.2) is 42.6 Å². The Morgan fingerprint density at radius 2 is 2.04 bits per heavy atom. The van der Waals surface area contributed by atoms with Gasteiger partial charge in [0, 0.05) is 31.4 Å². The van der Waals surface area contributed by atoms with E-state index < -0.39 is 10.0 Å². The molecule has 0 radical (unpaired) electrons. The molecule has 26 heavy (non-hydrogen) atoms. The zero-order chi connectivity index (χ0) is 18.7. The molecule has 1 aromatic carbocycles. The molecule has 0 saturated carbocycles. The Morgan fingerprint density at radius 1 is 1.31 bits per heavy atom. The molecule has 2 heterocycles. The van der Waals surface area contributed by atoms with E-state index in [-0.39, 0.29) is 16.8 Å². The summed E-state index contributed by atoms with van der Waals surface area (Å²) in [6.45, 7) is 0.724. The van der Waals surface area contributed by atoms with Crippen molar-refractivity contribution in [1.82, 2.24) is 19.4 Å². The maximum atomic E-state index is 12.6. The summed E-state index contributed by atoms with van der Waals surface area (Å²) >= 11 is 0. The van der Waals surface area contributed by atoms with Gasteiger partial charge in [0.2, 0.25) is 15.9 Å². The molecule has 1 fully saturated rings. The minimum atomic E-state index is -3.45. The number of nitrogens with one attached hydrogen (secondary N) is 1. The second-order valence-corrected chi connectivity index (χ2v) is 8.13. The van der Waals surface area contributed by atoms with Crippen LogP contribution in [0.15, 0.2) is 47.6 Å². The van der Waals surface area contributed by atoms with Gasteiger partial charge >= 0.3 is 0 Å². The molecule has 1 amide bonds. The van der Waals surface area contributed by atoms with Gasteiger partial charge in [0.25, 0.3) is 0 Å². The van der Waals surface area contributed by atoms with Gasteiger partial charge in [-0.05, 0) is 43.7 Å². The number of benzene rings is 1. The largest absolute Gasteiger partial charge is 0.332 e. The molecule has 0 bridgehead atoms. The van der Waals surface area contributed by atoms with Crippen molar-refractivity contribution in [1.29, 1.82) is 0 Å². The summed E-state index contributed by atoms with van der Waals surface area (Å²) in [5, 5.41) is 4.19. The first kappa shape index (κ1) is 18.3. The zero-order valence-electron chi connectivity index (χ0n) is 14.8. The Bertz CT molecular complexity index is 916. The summed E-state index contributed by atoms with van der Waals surface area (Å²) in [7, 11) is -0.217. The minimum Gasteiger partial charge on any atom is -0.332 e. The van der Waals surface area contributed by atoms with Crippen molar-refractivity contribution in [3.8, 4) is 0 Å². The van der Waals surface area contributed by atoms with Crippen LogP contribution in [0.2, 0.25) is 0 Å². The lowest BCUT2D eigenvalue weighted by Crippen LogP contribution is -2.28. The Morgan fingerprint density at radius 3 is 2.65 bits per heavy atom. The van der Waals surface area contributed by atoms with Crippen molar-refractivity contribution in [3.05, 3.63) is 53.9 Å². The number of carbonyl (C=O) groups is 1. The van der Waals surface area contributed by atoms with Gasteiger partial charge in [-0.25, -0.2) is 13.1 Å². The maximum Gasteiger partial charge on any atom is 0.247 e. The summed E-state index contributed by atoms with van der Waals surface area (Å²) in [6, 6.07) is 6.45. The molecule has 0 aliphatic carbocycles.